The maximum absolute atomic E-state index is 12.0. The fourth-order valence-electron chi connectivity index (χ4n) is 1.65. The summed E-state index contributed by atoms with van der Waals surface area (Å²) >= 11 is 0. The standard InChI is InChI=1S/C17H26N2O3/c1-7-17(5,6)16(21)19-18-15(20)13(4)22-14-10-8-9-11(2)12(14)3/h8-10,13H,7H2,1-6H3,(H,18,20)(H,19,21). The molecule has 0 spiro atoms. The highest BCUT2D eigenvalue weighted by Gasteiger charge is 2.26. The average Bonchev–Trinajstić information content (AvgIpc) is 2.48. The number of aryl methyl sites for hydroxylation is 1. The molecule has 1 rings (SSSR count). The first-order valence-corrected chi connectivity index (χ1v) is 7.52. The molecule has 0 saturated carbocycles. The second-order valence-electron chi connectivity index (χ2n) is 6.14. The van der Waals surface area contributed by atoms with Crippen molar-refractivity contribution in [1.29, 1.82) is 0 Å². The van der Waals surface area contributed by atoms with Crippen LogP contribution < -0.4 is 15.6 Å². The predicted molar refractivity (Wildman–Crippen MR) is 86.4 cm³/mol. The number of benzene rings is 1. The van der Waals surface area contributed by atoms with Gasteiger partial charge in [-0.25, -0.2) is 0 Å². The molecule has 0 heterocycles. The summed E-state index contributed by atoms with van der Waals surface area (Å²) in [5, 5.41) is 0. The summed E-state index contributed by atoms with van der Waals surface area (Å²) in [5.41, 5.74) is 6.44. The Bertz CT molecular complexity index is 553. The predicted octanol–water partition coefficient (Wildman–Crippen LogP) is 2.65. The lowest BCUT2D eigenvalue weighted by Crippen LogP contribution is -2.50. The summed E-state index contributed by atoms with van der Waals surface area (Å²) < 4.78 is 5.67. The van der Waals surface area contributed by atoms with E-state index in [1.807, 2.05) is 52.8 Å². The molecule has 122 valence electrons. The molecule has 5 heteroatoms. The van der Waals surface area contributed by atoms with Crippen molar-refractivity contribution in [3.05, 3.63) is 29.3 Å². The van der Waals surface area contributed by atoms with E-state index in [0.717, 1.165) is 11.1 Å². The molecule has 0 radical (unpaired) electrons. The zero-order valence-corrected chi connectivity index (χ0v) is 14.2. The normalized spacial score (nSPS) is 12.5. The molecule has 2 amide bonds. The van der Waals surface area contributed by atoms with E-state index in [1.165, 1.54) is 0 Å². The van der Waals surface area contributed by atoms with Crippen LogP contribution in [0.4, 0.5) is 0 Å². The molecule has 0 saturated heterocycles. The van der Waals surface area contributed by atoms with Crippen LogP contribution in [0.15, 0.2) is 18.2 Å². The van der Waals surface area contributed by atoms with Crippen molar-refractivity contribution in [1.82, 2.24) is 10.9 Å². The van der Waals surface area contributed by atoms with Gasteiger partial charge in [0.1, 0.15) is 5.75 Å². The minimum atomic E-state index is -0.703. The molecule has 1 aromatic rings. The van der Waals surface area contributed by atoms with Gasteiger partial charge in [-0.05, 0) is 44.4 Å². The number of hydrazine groups is 1. The highest BCUT2D eigenvalue weighted by molar-refractivity contribution is 5.86. The molecular formula is C17H26N2O3. The smallest absolute Gasteiger partial charge is 0.279 e. The van der Waals surface area contributed by atoms with Crippen molar-refractivity contribution < 1.29 is 14.3 Å². The van der Waals surface area contributed by atoms with E-state index in [-0.39, 0.29) is 11.8 Å². The molecule has 0 aromatic heterocycles. The van der Waals surface area contributed by atoms with E-state index < -0.39 is 11.5 Å². The van der Waals surface area contributed by atoms with Crippen molar-refractivity contribution in [3.8, 4) is 5.75 Å². The Hall–Kier alpha value is -2.04. The number of rotatable bonds is 5. The molecule has 22 heavy (non-hydrogen) atoms. The summed E-state index contributed by atoms with van der Waals surface area (Å²) in [4.78, 5) is 23.9. The first-order chi connectivity index (χ1) is 10.2. The Morgan fingerprint density at radius 2 is 1.86 bits per heavy atom. The van der Waals surface area contributed by atoms with Gasteiger partial charge in [-0.1, -0.05) is 32.9 Å². The van der Waals surface area contributed by atoms with Gasteiger partial charge in [0.05, 0.1) is 0 Å². The van der Waals surface area contributed by atoms with E-state index in [1.54, 1.807) is 6.92 Å². The fraction of sp³-hybridized carbons (Fsp3) is 0.529. The van der Waals surface area contributed by atoms with E-state index in [4.69, 9.17) is 4.74 Å². The van der Waals surface area contributed by atoms with E-state index in [9.17, 15) is 9.59 Å². The number of ether oxygens (including phenoxy) is 1. The third kappa shape index (κ3) is 4.48. The van der Waals surface area contributed by atoms with Gasteiger partial charge in [0.25, 0.3) is 5.91 Å². The zero-order chi connectivity index (χ0) is 16.9. The largest absolute Gasteiger partial charge is 0.481 e. The number of carbonyl (C=O) groups excluding carboxylic acids is 2. The fourth-order valence-corrected chi connectivity index (χ4v) is 1.65. The highest BCUT2D eigenvalue weighted by Crippen LogP contribution is 2.22. The van der Waals surface area contributed by atoms with Gasteiger partial charge < -0.3 is 4.74 Å². The Balaban J connectivity index is 2.59. The van der Waals surface area contributed by atoms with Gasteiger partial charge in [-0.2, -0.15) is 0 Å². The van der Waals surface area contributed by atoms with Crippen LogP contribution in [-0.2, 0) is 9.59 Å². The van der Waals surface area contributed by atoms with E-state index in [2.05, 4.69) is 10.9 Å². The third-order valence-corrected chi connectivity index (χ3v) is 4.03. The molecule has 1 unspecified atom stereocenters. The van der Waals surface area contributed by atoms with Crippen molar-refractivity contribution in [2.75, 3.05) is 0 Å². The van der Waals surface area contributed by atoms with Gasteiger partial charge in [0.2, 0.25) is 5.91 Å². The van der Waals surface area contributed by atoms with Crippen LogP contribution in [0, 0.1) is 19.3 Å². The van der Waals surface area contributed by atoms with Crippen molar-refractivity contribution in [2.45, 2.75) is 54.1 Å². The molecule has 1 atom stereocenters. The molecule has 0 aliphatic heterocycles. The molecule has 0 aliphatic rings. The molecule has 2 N–H and O–H groups in total. The van der Waals surface area contributed by atoms with Crippen molar-refractivity contribution in [3.63, 3.8) is 0 Å². The van der Waals surface area contributed by atoms with Crippen molar-refractivity contribution in [2.24, 2.45) is 5.41 Å². The van der Waals surface area contributed by atoms with Crippen LogP contribution >= 0.6 is 0 Å². The average molecular weight is 306 g/mol. The monoisotopic (exact) mass is 306 g/mol. The summed E-state index contributed by atoms with van der Waals surface area (Å²) in [6.45, 7) is 11.2. The summed E-state index contributed by atoms with van der Waals surface area (Å²) in [6, 6.07) is 5.69. The molecule has 5 nitrogen and oxygen atoms in total. The first-order valence-electron chi connectivity index (χ1n) is 7.52. The Morgan fingerprint density at radius 1 is 1.23 bits per heavy atom. The van der Waals surface area contributed by atoms with Crippen LogP contribution in [0.3, 0.4) is 0 Å². The maximum Gasteiger partial charge on any atom is 0.279 e. The molecular weight excluding hydrogens is 280 g/mol. The minimum Gasteiger partial charge on any atom is -0.481 e. The van der Waals surface area contributed by atoms with Gasteiger partial charge in [0, 0.05) is 5.41 Å². The lowest BCUT2D eigenvalue weighted by atomic mass is 9.90. The first kappa shape index (κ1) is 18.0. The number of amides is 2. The quantitative estimate of drug-likeness (QED) is 0.822. The van der Waals surface area contributed by atoms with E-state index in [0.29, 0.717) is 12.2 Å². The Morgan fingerprint density at radius 3 is 2.45 bits per heavy atom. The lowest BCUT2D eigenvalue weighted by Gasteiger charge is -2.22. The molecule has 0 aliphatic carbocycles. The number of hydrogen-bond acceptors (Lipinski definition) is 3. The van der Waals surface area contributed by atoms with Gasteiger partial charge >= 0.3 is 0 Å². The second kappa shape index (κ2) is 7.29. The van der Waals surface area contributed by atoms with Gasteiger partial charge in [-0.3, -0.25) is 20.4 Å². The summed E-state index contributed by atoms with van der Waals surface area (Å²) in [5.74, 6) is 0.0614. The van der Waals surface area contributed by atoms with Crippen LogP contribution in [0.2, 0.25) is 0 Å². The Labute approximate surface area is 132 Å². The molecule has 0 fully saturated rings. The zero-order valence-electron chi connectivity index (χ0n) is 14.2. The van der Waals surface area contributed by atoms with Crippen LogP contribution in [-0.4, -0.2) is 17.9 Å². The molecule has 0 bridgehead atoms. The van der Waals surface area contributed by atoms with Gasteiger partial charge in [-0.15, -0.1) is 0 Å². The SMILES string of the molecule is CCC(C)(C)C(=O)NNC(=O)C(C)Oc1cccc(C)c1C. The van der Waals surface area contributed by atoms with Crippen LogP contribution in [0.5, 0.6) is 5.75 Å². The van der Waals surface area contributed by atoms with Crippen LogP contribution in [0.1, 0.15) is 45.2 Å². The van der Waals surface area contributed by atoms with Gasteiger partial charge in [0.15, 0.2) is 6.10 Å². The summed E-state index contributed by atoms with van der Waals surface area (Å²) in [6.07, 6.45) is -0.0194. The molecule has 1 aromatic carbocycles. The van der Waals surface area contributed by atoms with Crippen LogP contribution in [0.25, 0.3) is 0 Å². The second-order valence-corrected chi connectivity index (χ2v) is 6.14. The lowest BCUT2D eigenvalue weighted by molar-refractivity contribution is -0.136. The number of nitrogens with one attached hydrogen (secondary N) is 2. The third-order valence-electron chi connectivity index (χ3n) is 4.03. The van der Waals surface area contributed by atoms with E-state index >= 15 is 0 Å². The highest BCUT2D eigenvalue weighted by atomic mass is 16.5. The number of carbonyl (C=O) groups is 2. The minimum absolute atomic E-state index is 0.220. The Kier molecular flexibility index (Phi) is 5.97. The maximum atomic E-state index is 12.0. The summed E-state index contributed by atoms with van der Waals surface area (Å²) in [7, 11) is 0. The topological polar surface area (TPSA) is 67.4 Å². The van der Waals surface area contributed by atoms with Crippen molar-refractivity contribution >= 4 is 11.8 Å². The number of hydrogen-bond donors (Lipinski definition) is 2.